The number of hydrogen-bond acceptors (Lipinski definition) is 4. The summed E-state index contributed by atoms with van der Waals surface area (Å²) in [6, 6.07) is 16.8. The van der Waals surface area contributed by atoms with E-state index in [9.17, 15) is 9.59 Å². The minimum Gasteiger partial charge on any atom is -0.491 e. The first-order valence-corrected chi connectivity index (χ1v) is 9.92. The number of aryl methyl sites for hydroxylation is 1. The standard InChI is InChI=1S/C23H24N4O3/c1-15(2)30-18-10-8-17(9-11-18)13-24-22(29)14-26-20-7-5-4-6-19(20)23-25-21(28)12-16(3)27(23)26/h4-12,15H,13-14H2,1-3H3,(H,24,29). The predicted molar refractivity (Wildman–Crippen MR) is 116 cm³/mol. The Morgan fingerprint density at radius 1 is 1.13 bits per heavy atom. The van der Waals surface area contributed by atoms with Crippen molar-refractivity contribution in [1.82, 2.24) is 19.5 Å². The molecule has 0 saturated carbocycles. The molecule has 2 aromatic heterocycles. The van der Waals surface area contributed by atoms with Crippen LogP contribution in [-0.4, -0.2) is 26.2 Å². The summed E-state index contributed by atoms with van der Waals surface area (Å²) in [5.74, 6) is 0.681. The summed E-state index contributed by atoms with van der Waals surface area (Å²) in [7, 11) is 0. The Morgan fingerprint density at radius 2 is 1.87 bits per heavy atom. The van der Waals surface area contributed by atoms with Gasteiger partial charge in [0.2, 0.25) is 5.91 Å². The van der Waals surface area contributed by atoms with E-state index in [1.165, 1.54) is 6.07 Å². The van der Waals surface area contributed by atoms with Gasteiger partial charge in [0.1, 0.15) is 12.3 Å². The smallest absolute Gasteiger partial charge is 0.273 e. The minimum absolute atomic E-state index is 0.115. The summed E-state index contributed by atoms with van der Waals surface area (Å²) >= 11 is 0. The number of benzene rings is 2. The molecular formula is C23H24N4O3. The van der Waals surface area contributed by atoms with Crippen molar-refractivity contribution in [3.05, 3.63) is 76.2 Å². The Bertz CT molecular complexity index is 1270. The summed E-state index contributed by atoms with van der Waals surface area (Å²) < 4.78 is 9.32. The quantitative estimate of drug-likeness (QED) is 0.536. The van der Waals surface area contributed by atoms with Crippen LogP contribution in [-0.2, 0) is 17.9 Å². The van der Waals surface area contributed by atoms with Crippen molar-refractivity contribution >= 4 is 22.5 Å². The van der Waals surface area contributed by atoms with Gasteiger partial charge in [-0.05, 0) is 50.6 Å². The molecule has 154 valence electrons. The maximum Gasteiger partial charge on any atom is 0.273 e. The summed E-state index contributed by atoms with van der Waals surface area (Å²) in [6.45, 7) is 6.34. The lowest BCUT2D eigenvalue weighted by Gasteiger charge is -2.12. The monoisotopic (exact) mass is 404 g/mol. The maximum atomic E-state index is 12.7. The van der Waals surface area contributed by atoms with Crippen LogP contribution in [0.2, 0.25) is 0 Å². The van der Waals surface area contributed by atoms with Gasteiger partial charge in [0.25, 0.3) is 5.56 Å². The van der Waals surface area contributed by atoms with Crippen molar-refractivity contribution in [3.8, 4) is 5.75 Å². The van der Waals surface area contributed by atoms with Crippen molar-refractivity contribution in [1.29, 1.82) is 0 Å². The molecule has 4 aromatic rings. The Balaban J connectivity index is 1.55. The van der Waals surface area contributed by atoms with Crippen LogP contribution >= 0.6 is 0 Å². The summed E-state index contributed by atoms with van der Waals surface area (Å²) in [4.78, 5) is 28.8. The first-order chi connectivity index (χ1) is 14.4. The average Bonchev–Trinajstić information content (AvgIpc) is 3.01. The molecule has 0 saturated heterocycles. The van der Waals surface area contributed by atoms with Gasteiger partial charge in [-0.2, -0.15) is 4.98 Å². The number of hydrogen-bond donors (Lipinski definition) is 1. The molecule has 0 atom stereocenters. The zero-order valence-corrected chi connectivity index (χ0v) is 17.3. The topological polar surface area (TPSA) is 77.6 Å². The van der Waals surface area contributed by atoms with E-state index >= 15 is 0 Å². The second-order valence-electron chi connectivity index (χ2n) is 7.53. The number of para-hydroxylation sites is 1. The van der Waals surface area contributed by atoms with Crippen molar-refractivity contribution in [3.63, 3.8) is 0 Å². The first-order valence-electron chi connectivity index (χ1n) is 9.92. The van der Waals surface area contributed by atoms with Gasteiger partial charge in [-0.15, -0.1) is 0 Å². The molecule has 30 heavy (non-hydrogen) atoms. The molecule has 0 bridgehead atoms. The fourth-order valence-corrected chi connectivity index (χ4v) is 3.57. The molecule has 0 radical (unpaired) electrons. The molecule has 0 aliphatic carbocycles. The third-order valence-corrected chi connectivity index (χ3v) is 4.83. The van der Waals surface area contributed by atoms with E-state index in [1.807, 2.05) is 78.5 Å². The predicted octanol–water partition coefficient (Wildman–Crippen LogP) is 3.06. The molecule has 0 unspecified atom stereocenters. The fraction of sp³-hybridized carbons (Fsp3) is 0.261. The molecule has 1 amide bonds. The number of carbonyl (C=O) groups is 1. The molecule has 0 spiro atoms. The highest BCUT2D eigenvalue weighted by atomic mass is 16.5. The summed E-state index contributed by atoms with van der Waals surface area (Å²) in [5, 5.41) is 3.80. The van der Waals surface area contributed by atoms with E-state index in [-0.39, 0.29) is 24.1 Å². The Morgan fingerprint density at radius 3 is 2.60 bits per heavy atom. The molecule has 7 heteroatoms. The van der Waals surface area contributed by atoms with Gasteiger partial charge in [0.15, 0.2) is 5.65 Å². The normalized spacial score (nSPS) is 11.3. The van der Waals surface area contributed by atoms with E-state index in [1.54, 1.807) is 0 Å². The van der Waals surface area contributed by atoms with E-state index in [4.69, 9.17) is 4.74 Å². The second-order valence-corrected chi connectivity index (χ2v) is 7.53. The third kappa shape index (κ3) is 3.91. The number of fused-ring (bicyclic) bond motifs is 3. The van der Waals surface area contributed by atoms with Crippen molar-refractivity contribution in [2.45, 2.75) is 40.0 Å². The molecular weight excluding hydrogens is 380 g/mol. The van der Waals surface area contributed by atoms with Crippen molar-refractivity contribution in [2.24, 2.45) is 0 Å². The largest absolute Gasteiger partial charge is 0.491 e. The average molecular weight is 404 g/mol. The number of rotatable bonds is 6. The molecule has 4 rings (SSSR count). The van der Waals surface area contributed by atoms with Crippen LogP contribution in [0.25, 0.3) is 16.6 Å². The minimum atomic E-state index is -0.287. The van der Waals surface area contributed by atoms with Crippen LogP contribution in [0.4, 0.5) is 0 Å². The SMILES string of the molecule is Cc1cc(=O)nc2c3ccccc3n(CC(=O)NCc3ccc(OC(C)C)cc3)n12. The number of nitrogens with zero attached hydrogens (tertiary/aromatic N) is 3. The fourth-order valence-electron chi connectivity index (χ4n) is 3.57. The maximum absolute atomic E-state index is 12.7. The molecule has 2 heterocycles. The van der Waals surface area contributed by atoms with E-state index < -0.39 is 0 Å². The van der Waals surface area contributed by atoms with E-state index in [2.05, 4.69) is 10.3 Å². The lowest BCUT2D eigenvalue weighted by Crippen LogP contribution is -2.29. The molecule has 1 N–H and O–H groups in total. The third-order valence-electron chi connectivity index (χ3n) is 4.83. The lowest BCUT2D eigenvalue weighted by molar-refractivity contribution is -0.122. The zero-order valence-electron chi connectivity index (χ0n) is 17.3. The lowest BCUT2D eigenvalue weighted by atomic mass is 10.2. The van der Waals surface area contributed by atoms with Crippen LogP contribution in [0.1, 0.15) is 25.1 Å². The highest BCUT2D eigenvalue weighted by Gasteiger charge is 2.15. The second kappa shape index (κ2) is 8.02. The number of aromatic nitrogens is 3. The molecule has 0 fully saturated rings. The summed E-state index contributed by atoms with van der Waals surface area (Å²) in [6.07, 6.45) is 0.120. The Kier molecular flexibility index (Phi) is 5.27. The number of nitrogens with one attached hydrogen (secondary N) is 1. The Labute approximate surface area is 173 Å². The van der Waals surface area contributed by atoms with Gasteiger partial charge in [-0.25, -0.2) is 4.52 Å². The van der Waals surface area contributed by atoms with Crippen LogP contribution in [0.3, 0.4) is 0 Å². The summed E-state index contributed by atoms with van der Waals surface area (Å²) in [5.41, 5.74) is 2.84. The first kappa shape index (κ1) is 19.7. The molecule has 7 nitrogen and oxygen atoms in total. The Hall–Kier alpha value is -3.61. The molecule has 0 aliphatic heterocycles. The van der Waals surface area contributed by atoms with Crippen LogP contribution < -0.4 is 15.6 Å². The van der Waals surface area contributed by atoms with Crippen LogP contribution in [0, 0.1) is 6.92 Å². The van der Waals surface area contributed by atoms with Gasteiger partial charge in [0, 0.05) is 23.7 Å². The van der Waals surface area contributed by atoms with Gasteiger partial charge in [-0.3, -0.25) is 14.3 Å². The van der Waals surface area contributed by atoms with Gasteiger partial charge >= 0.3 is 0 Å². The van der Waals surface area contributed by atoms with Crippen molar-refractivity contribution in [2.75, 3.05) is 0 Å². The van der Waals surface area contributed by atoms with Gasteiger partial charge in [-0.1, -0.05) is 24.3 Å². The number of amides is 1. The van der Waals surface area contributed by atoms with Crippen LogP contribution in [0.5, 0.6) is 5.75 Å². The van der Waals surface area contributed by atoms with Gasteiger partial charge in [0.05, 0.1) is 11.6 Å². The highest BCUT2D eigenvalue weighted by Crippen LogP contribution is 2.21. The van der Waals surface area contributed by atoms with Gasteiger partial charge < -0.3 is 10.1 Å². The molecule has 0 aliphatic rings. The van der Waals surface area contributed by atoms with Crippen LogP contribution in [0.15, 0.2) is 59.4 Å². The van der Waals surface area contributed by atoms with Crippen molar-refractivity contribution < 1.29 is 9.53 Å². The zero-order chi connectivity index (χ0) is 21.3. The van der Waals surface area contributed by atoms with E-state index in [0.29, 0.717) is 12.2 Å². The number of ether oxygens (including phenoxy) is 1. The molecule has 2 aromatic carbocycles. The number of carbonyl (C=O) groups excluding carboxylic acids is 1. The highest BCUT2D eigenvalue weighted by molar-refractivity contribution is 5.93. The van der Waals surface area contributed by atoms with E-state index in [0.717, 1.165) is 27.9 Å².